The standard InChI is InChI=1S/C15H10BrFN2O2S/c1-22(20)12-7-4-10(8-18-12)13-14(16)21-15(19-13)9-2-5-11(17)6-3-9/h2-8H,1H3/t22-/m0/s1. The summed E-state index contributed by atoms with van der Waals surface area (Å²) < 4.78 is 30.3. The Balaban J connectivity index is 1.96. The topological polar surface area (TPSA) is 62.0 Å². The Morgan fingerprint density at radius 1 is 1.14 bits per heavy atom. The molecule has 1 aromatic carbocycles. The van der Waals surface area contributed by atoms with Crippen LogP contribution < -0.4 is 0 Å². The number of nitrogens with zero attached hydrogens (tertiary/aromatic N) is 2. The third-order valence-electron chi connectivity index (χ3n) is 2.98. The van der Waals surface area contributed by atoms with Crippen molar-refractivity contribution in [3.8, 4) is 22.7 Å². The van der Waals surface area contributed by atoms with E-state index in [1.807, 2.05) is 0 Å². The summed E-state index contributed by atoms with van der Waals surface area (Å²) in [6.45, 7) is 0. The van der Waals surface area contributed by atoms with Gasteiger partial charge in [0.15, 0.2) is 4.67 Å². The van der Waals surface area contributed by atoms with Gasteiger partial charge in [-0.1, -0.05) is 0 Å². The molecule has 0 aliphatic heterocycles. The van der Waals surface area contributed by atoms with Crippen LogP contribution in [0.5, 0.6) is 0 Å². The average Bonchev–Trinajstić information content (AvgIpc) is 2.90. The quantitative estimate of drug-likeness (QED) is 0.643. The highest BCUT2D eigenvalue weighted by atomic mass is 79.9. The summed E-state index contributed by atoms with van der Waals surface area (Å²) in [5, 5.41) is 0.502. The lowest BCUT2D eigenvalue weighted by molar-refractivity contribution is 0.549. The fraction of sp³-hybridized carbons (Fsp3) is 0.0667. The van der Waals surface area contributed by atoms with Crippen LogP contribution >= 0.6 is 15.9 Å². The van der Waals surface area contributed by atoms with Gasteiger partial charge in [-0.05, 0) is 46.3 Å². The van der Waals surface area contributed by atoms with Crippen LogP contribution in [0.2, 0.25) is 0 Å². The Labute approximate surface area is 137 Å². The molecule has 2 aromatic heterocycles. The van der Waals surface area contributed by atoms with Gasteiger partial charge in [-0.25, -0.2) is 14.4 Å². The number of hydrogen-bond acceptors (Lipinski definition) is 4. The third-order valence-corrected chi connectivity index (χ3v) is 4.35. The Bertz CT molecular complexity index is 788. The van der Waals surface area contributed by atoms with E-state index >= 15 is 0 Å². The molecule has 0 N–H and O–H groups in total. The number of pyridine rings is 1. The second-order valence-corrected chi connectivity index (χ2v) is 6.53. The first kappa shape index (κ1) is 15.2. The second kappa shape index (κ2) is 6.20. The maximum atomic E-state index is 13.0. The van der Waals surface area contributed by atoms with Crippen molar-refractivity contribution in [3.63, 3.8) is 0 Å². The molecular weight excluding hydrogens is 371 g/mol. The molecule has 1 atom stereocenters. The number of benzene rings is 1. The normalized spacial score (nSPS) is 12.4. The van der Waals surface area contributed by atoms with Gasteiger partial charge in [0.2, 0.25) is 10.9 Å². The van der Waals surface area contributed by atoms with E-state index in [2.05, 4.69) is 25.9 Å². The van der Waals surface area contributed by atoms with Crippen LogP contribution in [0.25, 0.3) is 22.7 Å². The maximum Gasteiger partial charge on any atom is 0.244 e. The summed E-state index contributed by atoms with van der Waals surface area (Å²) in [7, 11) is 0. The number of aromatic nitrogens is 2. The third kappa shape index (κ3) is 3.06. The van der Waals surface area contributed by atoms with Crippen molar-refractivity contribution in [2.45, 2.75) is 5.03 Å². The van der Waals surface area contributed by atoms with E-state index in [1.165, 1.54) is 12.1 Å². The van der Waals surface area contributed by atoms with Crippen LogP contribution in [0.3, 0.4) is 0 Å². The molecule has 112 valence electrons. The average molecular weight is 381 g/mol. The van der Waals surface area contributed by atoms with Crippen LogP contribution in [-0.4, -0.2) is 20.8 Å². The molecule has 22 heavy (non-hydrogen) atoms. The minimum absolute atomic E-state index is 0.318. The molecule has 0 saturated carbocycles. The van der Waals surface area contributed by atoms with E-state index in [1.54, 1.807) is 36.7 Å². The van der Waals surface area contributed by atoms with Crippen molar-refractivity contribution < 1.29 is 13.4 Å². The van der Waals surface area contributed by atoms with Gasteiger partial charge < -0.3 is 8.97 Å². The van der Waals surface area contributed by atoms with Crippen LogP contribution in [-0.2, 0) is 11.2 Å². The first-order valence-corrected chi connectivity index (χ1v) is 8.62. The Morgan fingerprint density at radius 2 is 1.82 bits per heavy atom. The van der Waals surface area contributed by atoms with Crippen molar-refractivity contribution >= 4 is 27.1 Å². The summed E-state index contributed by atoms with van der Waals surface area (Å²) >= 11 is 2.19. The van der Waals surface area contributed by atoms with Crippen molar-refractivity contribution in [2.75, 3.05) is 6.26 Å². The Kier molecular flexibility index (Phi) is 4.28. The van der Waals surface area contributed by atoms with Gasteiger partial charge in [-0.3, -0.25) is 0 Å². The zero-order valence-electron chi connectivity index (χ0n) is 11.4. The summed E-state index contributed by atoms with van der Waals surface area (Å²) in [4.78, 5) is 8.54. The van der Waals surface area contributed by atoms with Gasteiger partial charge in [-0.15, -0.1) is 0 Å². The van der Waals surface area contributed by atoms with Crippen LogP contribution in [0.4, 0.5) is 4.39 Å². The van der Waals surface area contributed by atoms with Gasteiger partial charge in [0.05, 0.1) is 0 Å². The van der Waals surface area contributed by atoms with Gasteiger partial charge in [-0.2, -0.15) is 0 Å². The van der Waals surface area contributed by atoms with Crippen LogP contribution in [0.15, 0.2) is 56.7 Å². The molecule has 0 radical (unpaired) electrons. The summed E-state index contributed by atoms with van der Waals surface area (Å²) in [6, 6.07) is 9.35. The van der Waals surface area contributed by atoms with E-state index in [0.717, 1.165) is 5.56 Å². The van der Waals surface area contributed by atoms with E-state index in [0.29, 0.717) is 26.8 Å². The van der Waals surface area contributed by atoms with E-state index in [4.69, 9.17) is 4.42 Å². The zero-order valence-corrected chi connectivity index (χ0v) is 13.8. The predicted octanol–water partition coefficient (Wildman–Crippen LogP) is 4.04. The molecule has 0 spiro atoms. The molecule has 0 amide bonds. The van der Waals surface area contributed by atoms with E-state index in [-0.39, 0.29) is 5.82 Å². The zero-order chi connectivity index (χ0) is 15.7. The fourth-order valence-electron chi connectivity index (χ4n) is 1.89. The molecule has 0 saturated heterocycles. The van der Waals surface area contributed by atoms with Crippen molar-refractivity contribution in [2.24, 2.45) is 0 Å². The van der Waals surface area contributed by atoms with E-state index in [9.17, 15) is 8.94 Å². The molecule has 0 unspecified atom stereocenters. The lowest BCUT2D eigenvalue weighted by Crippen LogP contribution is -1.99. The molecule has 3 rings (SSSR count). The number of rotatable bonds is 3. The molecule has 3 aromatic rings. The van der Waals surface area contributed by atoms with Gasteiger partial charge >= 0.3 is 0 Å². The second-order valence-electron chi connectivity index (χ2n) is 4.49. The number of hydrogen-bond donors (Lipinski definition) is 0. The number of halogens is 2. The molecule has 4 nitrogen and oxygen atoms in total. The molecule has 7 heteroatoms. The highest BCUT2D eigenvalue weighted by Crippen LogP contribution is 2.32. The lowest BCUT2D eigenvalue weighted by Gasteiger charge is -2.02. The van der Waals surface area contributed by atoms with Crippen molar-refractivity contribution in [1.29, 1.82) is 0 Å². The van der Waals surface area contributed by atoms with Gasteiger partial charge in [0.1, 0.15) is 17.8 Å². The molecule has 0 fully saturated rings. The Hall–Kier alpha value is -1.70. The highest BCUT2D eigenvalue weighted by Gasteiger charge is 2.16. The monoisotopic (exact) mass is 380 g/mol. The summed E-state index contributed by atoms with van der Waals surface area (Å²) in [5.41, 5.74) is 1.99. The van der Waals surface area contributed by atoms with E-state index < -0.39 is 11.2 Å². The molecule has 0 bridgehead atoms. The fourth-order valence-corrected chi connectivity index (χ4v) is 2.82. The van der Waals surface area contributed by atoms with Crippen molar-refractivity contribution in [1.82, 2.24) is 9.97 Å². The lowest BCUT2D eigenvalue weighted by atomic mass is 10.2. The van der Waals surface area contributed by atoms with Gasteiger partial charge in [0, 0.05) is 34.6 Å². The van der Waals surface area contributed by atoms with Crippen molar-refractivity contribution in [3.05, 3.63) is 53.1 Å². The molecular formula is C15H10BrFN2O2S. The number of oxazole rings is 1. The molecule has 0 aliphatic rings. The summed E-state index contributed by atoms with van der Waals surface area (Å²) in [6.07, 6.45) is 3.16. The SMILES string of the molecule is C[S@+]([O-])c1ccc(-c2nc(-c3ccc(F)cc3)oc2Br)cn1. The minimum atomic E-state index is -1.13. The molecule has 0 aliphatic carbocycles. The van der Waals surface area contributed by atoms with Crippen LogP contribution in [0.1, 0.15) is 0 Å². The first-order chi connectivity index (χ1) is 10.5. The largest absolute Gasteiger partial charge is 0.610 e. The molecule has 2 heterocycles. The van der Waals surface area contributed by atoms with Gasteiger partial charge in [0.25, 0.3) is 0 Å². The first-order valence-electron chi connectivity index (χ1n) is 6.26. The minimum Gasteiger partial charge on any atom is -0.610 e. The van der Waals surface area contributed by atoms with Crippen LogP contribution in [0, 0.1) is 5.82 Å². The maximum absolute atomic E-state index is 13.0. The Morgan fingerprint density at radius 3 is 2.41 bits per heavy atom. The smallest absolute Gasteiger partial charge is 0.244 e. The highest BCUT2D eigenvalue weighted by molar-refractivity contribution is 9.10. The summed E-state index contributed by atoms with van der Waals surface area (Å²) in [5.74, 6) is 0.0620. The predicted molar refractivity (Wildman–Crippen MR) is 85.2 cm³/mol.